The minimum absolute atomic E-state index is 0.00103. The summed E-state index contributed by atoms with van der Waals surface area (Å²) in [5.74, 6) is -1.10. The lowest BCUT2D eigenvalue weighted by Gasteiger charge is -2.31. The second-order valence-electron chi connectivity index (χ2n) is 5.73. The Labute approximate surface area is 129 Å². The van der Waals surface area contributed by atoms with Crippen molar-refractivity contribution < 1.29 is 18.7 Å². The van der Waals surface area contributed by atoms with E-state index < -0.39 is 11.6 Å². The quantitative estimate of drug-likeness (QED) is 0.833. The predicted octanol–water partition coefficient (Wildman–Crippen LogP) is 1.33. The second kappa shape index (κ2) is 8.19. The van der Waals surface area contributed by atoms with E-state index in [1.165, 1.54) is 18.2 Å². The molecule has 122 valence electrons. The minimum Gasteiger partial charge on any atom is -0.396 e. The van der Waals surface area contributed by atoms with Gasteiger partial charge in [0.2, 0.25) is 5.91 Å². The molecule has 0 unspecified atom stereocenters. The Kier molecular flexibility index (Phi) is 6.27. The van der Waals surface area contributed by atoms with Crippen molar-refractivity contribution in [1.29, 1.82) is 0 Å². The molecule has 6 heteroatoms. The standard InChI is InChI=1S/C16H22F2N2O2/c17-14-4-1-5-15(18)13(14)6-7-19-16(22)10-20-8-2-3-12(9-20)11-21/h1,4-5,12,21H,2-3,6-11H2,(H,19,22)/t12-/m1/s1. The molecule has 22 heavy (non-hydrogen) atoms. The maximum Gasteiger partial charge on any atom is 0.234 e. The number of halogens is 2. The molecule has 1 atom stereocenters. The topological polar surface area (TPSA) is 52.6 Å². The van der Waals surface area contributed by atoms with Crippen molar-refractivity contribution in [1.82, 2.24) is 10.2 Å². The van der Waals surface area contributed by atoms with Gasteiger partial charge in [-0.05, 0) is 43.9 Å². The van der Waals surface area contributed by atoms with Crippen molar-refractivity contribution in [3.63, 3.8) is 0 Å². The third-order valence-corrected chi connectivity index (χ3v) is 3.99. The molecular formula is C16H22F2N2O2. The number of benzene rings is 1. The van der Waals surface area contributed by atoms with Gasteiger partial charge in [-0.3, -0.25) is 9.69 Å². The maximum atomic E-state index is 13.4. The van der Waals surface area contributed by atoms with Crippen LogP contribution in [-0.4, -0.2) is 48.7 Å². The normalized spacial score (nSPS) is 19.1. The Hall–Kier alpha value is -1.53. The number of aliphatic hydroxyl groups excluding tert-OH is 1. The van der Waals surface area contributed by atoms with E-state index in [2.05, 4.69) is 5.32 Å². The minimum atomic E-state index is -0.587. The summed E-state index contributed by atoms with van der Waals surface area (Å²) >= 11 is 0. The van der Waals surface area contributed by atoms with Gasteiger partial charge in [0.05, 0.1) is 6.54 Å². The largest absolute Gasteiger partial charge is 0.396 e. The molecule has 0 bridgehead atoms. The molecule has 1 fully saturated rings. The molecule has 1 amide bonds. The summed E-state index contributed by atoms with van der Waals surface area (Å²) in [5.41, 5.74) is 0.00103. The van der Waals surface area contributed by atoms with Crippen molar-refractivity contribution in [2.24, 2.45) is 5.92 Å². The molecule has 1 aromatic rings. The highest BCUT2D eigenvalue weighted by molar-refractivity contribution is 5.78. The van der Waals surface area contributed by atoms with Gasteiger partial charge in [-0.1, -0.05) is 6.07 Å². The van der Waals surface area contributed by atoms with Gasteiger partial charge in [0, 0.05) is 25.3 Å². The third-order valence-electron chi connectivity index (χ3n) is 3.99. The molecule has 2 N–H and O–H groups in total. The van der Waals surface area contributed by atoms with Crippen LogP contribution >= 0.6 is 0 Å². The first-order chi connectivity index (χ1) is 10.6. The number of nitrogens with zero attached hydrogens (tertiary/aromatic N) is 1. The van der Waals surface area contributed by atoms with Crippen LogP contribution in [0.15, 0.2) is 18.2 Å². The molecular weight excluding hydrogens is 290 g/mol. The molecule has 0 radical (unpaired) electrons. The molecule has 2 rings (SSSR count). The van der Waals surface area contributed by atoms with Gasteiger partial charge < -0.3 is 10.4 Å². The van der Waals surface area contributed by atoms with E-state index in [1.54, 1.807) is 0 Å². The number of hydrogen-bond acceptors (Lipinski definition) is 3. The molecule has 0 aromatic heterocycles. The van der Waals surface area contributed by atoms with Crippen LogP contribution in [0.25, 0.3) is 0 Å². The molecule has 4 nitrogen and oxygen atoms in total. The van der Waals surface area contributed by atoms with Crippen LogP contribution in [0.3, 0.4) is 0 Å². The zero-order valence-corrected chi connectivity index (χ0v) is 12.5. The fourth-order valence-corrected chi connectivity index (χ4v) is 2.80. The molecule has 0 spiro atoms. The van der Waals surface area contributed by atoms with Crippen molar-refractivity contribution >= 4 is 5.91 Å². The Balaban J connectivity index is 1.74. The zero-order valence-electron chi connectivity index (χ0n) is 12.5. The van der Waals surface area contributed by atoms with Crippen LogP contribution in [-0.2, 0) is 11.2 Å². The first kappa shape index (κ1) is 16.8. The fraction of sp³-hybridized carbons (Fsp3) is 0.562. The number of piperidine rings is 1. The molecule has 0 aliphatic carbocycles. The molecule has 1 heterocycles. The number of amides is 1. The van der Waals surface area contributed by atoms with Crippen LogP contribution in [0, 0.1) is 17.6 Å². The van der Waals surface area contributed by atoms with Crippen molar-refractivity contribution in [2.45, 2.75) is 19.3 Å². The monoisotopic (exact) mass is 312 g/mol. The van der Waals surface area contributed by atoms with Crippen molar-refractivity contribution in [3.05, 3.63) is 35.4 Å². The summed E-state index contributed by atoms with van der Waals surface area (Å²) in [5, 5.41) is 11.9. The van der Waals surface area contributed by atoms with E-state index >= 15 is 0 Å². The highest BCUT2D eigenvalue weighted by atomic mass is 19.1. The zero-order chi connectivity index (χ0) is 15.9. The van der Waals surface area contributed by atoms with Crippen LogP contribution in [0.4, 0.5) is 8.78 Å². The van der Waals surface area contributed by atoms with Crippen LogP contribution in [0.1, 0.15) is 18.4 Å². The lowest BCUT2D eigenvalue weighted by atomic mass is 9.99. The van der Waals surface area contributed by atoms with Gasteiger partial charge in [-0.15, -0.1) is 0 Å². The Bertz CT molecular complexity index is 491. The molecule has 1 saturated heterocycles. The van der Waals surface area contributed by atoms with Crippen LogP contribution in [0.2, 0.25) is 0 Å². The van der Waals surface area contributed by atoms with Crippen molar-refractivity contribution in [2.75, 3.05) is 32.8 Å². The van der Waals surface area contributed by atoms with E-state index in [9.17, 15) is 13.6 Å². The van der Waals surface area contributed by atoms with Gasteiger partial charge in [0.25, 0.3) is 0 Å². The SMILES string of the molecule is O=C(CN1CCC[C@@H](CO)C1)NCCc1c(F)cccc1F. The van der Waals surface area contributed by atoms with E-state index in [1.807, 2.05) is 4.90 Å². The molecule has 1 aromatic carbocycles. The number of hydrogen-bond donors (Lipinski definition) is 2. The highest BCUT2D eigenvalue weighted by Gasteiger charge is 2.20. The molecule has 1 aliphatic rings. The fourth-order valence-electron chi connectivity index (χ4n) is 2.80. The van der Waals surface area contributed by atoms with Gasteiger partial charge in [0.15, 0.2) is 0 Å². The van der Waals surface area contributed by atoms with Gasteiger partial charge >= 0.3 is 0 Å². The number of carbonyl (C=O) groups excluding carboxylic acids is 1. The van der Waals surface area contributed by atoms with Crippen molar-refractivity contribution in [3.8, 4) is 0 Å². The van der Waals surface area contributed by atoms with Crippen LogP contribution < -0.4 is 5.32 Å². The Morgan fingerprint density at radius 1 is 1.36 bits per heavy atom. The predicted molar refractivity (Wildman–Crippen MR) is 79.3 cm³/mol. The summed E-state index contributed by atoms with van der Waals surface area (Å²) in [6.45, 7) is 2.16. The summed E-state index contributed by atoms with van der Waals surface area (Å²) in [7, 11) is 0. The number of nitrogens with one attached hydrogen (secondary N) is 1. The maximum absolute atomic E-state index is 13.4. The van der Waals surface area contributed by atoms with Gasteiger partial charge in [-0.2, -0.15) is 0 Å². The number of likely N-dealkylation sites (tertiary alicyclic amines) is 1. The van der Waals surface area contributed by atoms with E-state index in [0.717, 1.165) is 19.4 Å². The first-order valence-electron chi connectivity index (χ1n) is 7.63. The van der Waals surface area contributed by atoms with Gasteiger partial charge in [-0.25, -0.2) is 8.78 Å². The number of carbonyl (C=O) groups is 1. The second-order valence-corrected chi connectivity index (χ2v) is 5.73. The smallest absolute Gasteiger partial charge is 0.234 e. The number of aliphatic hydroxyl groups is 1. The van der Waals surface area contributed by atoms with Gasteiger partial charge in [0.1, 0.15) is 11.6 Å². The van der Waals surface area contributed by atoms with E-state index in [4.69, 9.17) is 5.11 Å². The highest BCUT2D eigenvalue weighted by Crippen LogP contribution is 2.15. The summed E-state index contributed by atoms with van der Waals surface area (Å²) in [6, 6.07) is 3.74. The number of rotatable bonds is 6. The first-order valence-corrected chi connectivity index (χ1v) is 7.63. The molecule has 0 saturated carbocycles. The summed E-state index contributed by atoms with van der Waals surface area (Å²) in [6.07, 6.45) is 2.09. The summed E-state index contributed by atoms with van der Waals surface area (Å²) < 4.78 is 26.9. The van der Waals surface area contributed by atoms with E-state index in [0.29, 0.717) is 6.54 Å². The lowest BCUT2D eigenvalue weighted by Crippen LogP contribution is -2.43. The average molecular weight is 312 g/mol. The summed E-state index contributed by atoms with van der Waals surface area (Å²) in [4.78, 5) is 13.9. The van der Waals surface area contributed by atoms with E-state index in [-0.39, 0.29) is 43.5 Å². The molecule has 1 aliphatic heterocycles. The third kappa shape index (κ3) is 4.74. The van der Waals surface area contributed by atoms with Crippen LogP contribution in [0.5, 0.6) is 0 Å². The average Bonchev–Trinajstić information content (AvgIpc) is 2.50. The Morgan fingerprint density at radius 2 is 2.09 bits per heavy atom. The Morgan fingerprint density at radius 3 is 2.77 bits per heavy atom. The lowest BCUT2D eigenvalue weighted by molar-refractivity contribution is -0.122.